The van der Waals surface area contributed by atoms with Crippen LogP contribution in [0.2, 0.25) is 0 Å². The molecule has 6 nitrogen and oxygen atoms in total. The lowest BCUT2D eigenvalue weighted by Crippen LogP contribution is -2.51. The zero-order valence-electron chi connectivity index (χ0n) is 15.4. The minimum Gasteiger partial charge on any atom is -0.355 e. The number of carbonyl (C=O) groups excluding carboxylic acids is 3. The topological polar surface area (TPSA) is 69.7 Å². The Balaban J connectivity index is 2.08. The fraction of sp³-hybridized carbons (Fsp3) is 0.526. The highest BCUT2D eigenvalue weighted by Crippen LogP contribution is 2.24. The Kier molecular flexibility index (Phi) is 7.97. The van der Waals surface area contributed by atoms with Crippen LogP contribution in [0.5, 0.6) is 0 Å². The lowest BCUT2D eigenvalue weighted by Gasteiger charge is -2.29. The zero-order chi connectivity index (χ0) is 18.9. The molecule has 1 aliphatic rings. The van der Waals surface area contributed by atoms with Gasteiger partial charge in [-0.05, 0) is 25.0 Å². The van der Waals surface area contributed by atoms with Crippen LogP contribution in [0, 0.1) is 0 Å². The van der Waals surface area contributed by atoms with Crippen molar-refractivity contribution in [2.75, 3.05) is 31.3 Å². The Hall–Kier alpha value is -2.02. The van der Waals surface area contributed by atoms with Crippen LogP contribution < -0.4 is 5.32 Å². The Morgan fingerprint density at radius 2 is 1.92 bits per heavy atom. The van der Waals surface area contributed by atoms with Gasteiger partial charge in [-0.15, -0.1) is 11.8 Å². The molecule has 0 bridgehead atoms. The molecule has 2 rings (SSSR count). The second-order valence-corrected chi connectivity index (χ2v) is 7.27. The number of hydrogen-bond donors (Lipinski definition) is 1. The number of amides is 3. The predicted molar refractivity (Wildman–Crippen MR) is 104 cm³/mol. The van der Waals surface area contributed by atoms with E-state index in [-0.39, 0.29) is 24.3 Å². The maximum absolute atomic E-state index is 13.0. The summed E-state index contributed by atoms with van der Waals surface area (Å²) in [5, 5.41) is 2.81. The minimum atomic E-state index is -0.516. The molecule has 1 aliphatic heterocycles. The van der Waals surface area contributed by atoms with Gasteiger partial charge in [0, 0.05) is 24.4 Å². The third-order valence-corrected chi connectivity index (χ3v) is 5.17. The van der Waals surface area contributed by atoms with E-state index in [2.05, 4.69) is 5.32 Å². The van der Waals surface area contributed by atoms with Crippen molar-refractivity contribution in [2.24, 2.45) is 0 Å². The highest BCUT2D eigenvalue weighted by molar-refractivity contribution is 7.99. The zero-order valence-corrected chi connectivity index (χ0v) is 16.3. The van der Waals surface area contributed by atoms with Crippen LogP contribution in [-0.2, 0) is 9.59 Å². The molecule has 1 N–H and O–H groups in total. The fourth-order valence-corrected chi connectivity index (χ4v) is 3.98. The summed E-state index contributed by atoms with van der Waals surface area (Å²) < 4.78 is 0. The summed E-state index contributed by atoms with van der Waals surface area (Å²) in [6.07, 6.45) is 1.62. The maximum Gasteiger partial charge on any atom is 0.255 e. The molecule has 1 atom stereocenters. The van der Waals surface area contributed by atoms with Gasteiger partial charge in [-0.3, -0.25) is 14.4 Å². The molecule has 1 fully saturated rings. The third kappa shape index (κ3) is 5.24. The number of nitrogens with zero attached hydrogens (tertiary/aromatic N) is 2. The highest BCUT2D eigenvalue weighted by atomic mass is 32.2. The first kappa shape index (κ1) is 20.3. The van der Waals surface area contributed by atoms with Gasteiger partial charge in [-0.1, -0.05) is 32.0 Å². The smallest absolute Gasteiger partial charge is 0.255 e. The van der Waals surface area contributed by atoms with E-state index in [0.29, 0.717) is 30.3 Å². The summed E-state index contributed by atoms with van der Waals surface area (Å²) >= 11 is 1.57. The standard InChI is InChI=1S/C19H27N3O3S/c1-3-10-20-17(23)12-21(11-4-2)19(25)16-13-26-14-22(16)18(24)15-8-6-5-7-9-15/h5-9,16H,3-4,10-14H2,1-2H3,(H,20,23)/t16-/m0/s1. The average molecular weight is 378 g/mol. The number of thioether (sulfide) groups is 1. The SMILES string of the molecule is CCCNC(=O)CN(CCC)C(=O)[C@@H]1CSCN1C(=O)c1ccccc1. The van der Waals surface area contributed by atoms with E-state index >= 15 is 0 Å². The van der Waals surface area contributed by atoms with E-state index in [1.807, 2.05) is 32.0 Å². The van der Waals surface area contributed by atoms with Crippen LogP contribution in [0.15, 0.2) is 30.3 Å². The Bertz CT molecular complexity index is 624. The van der Waals surface area contributed by atoms with E-state index in [0.717, 1.165) is 12.8 Å². The summed E-state index contributed by atoms with van der Waals surface area (Å²) in [7, 11) is 0. The van der Waals surface area contributed by atoms with E-state index in [1.54, 1.807) is 33.7 Å². The first-order valence-corrected chi connectivity index (χ1v) is 10.2. The van der Waals surface area contributed by atoms with Crippen LogP contribution >= 0.6 is 11.8 Å². The second-order valence-electron chi connectivity index (χ2n) is 6.27. The largest absolute Gasteiger partial charge is 0.355 e. The van der Waals surface area contributed by atoms with Crippen LogP contribution in [0.1, 0.15) is 37.0 Å². The summed E-state index contributed by atoms with van der Waals surface area (Å²) in [6, 6.07) is 8.49. The van der Waals surface area contributed by atoms with Gasteiger partial charge in [-0.2, -0.15) is 0 Å². The van der Waals surface area contributed by atoms with E-state index in [1.165, 1.54) is 0 Å². The maximum atomic E-state index is 13.0. The first-order valence-electron chi connectivity index (χ1n) is 9.07. The van der Waals surface area contributed by atoms with Crippen molar-refractivity contribution >= 4 is 29.5 Å². The monoisotopic (exact) mass is 377 g/mol. The predicted octanol–water partition coefficient (Wildman–Crippen LogP) is 1.97. The van der Waals surface area contributed by atoms with Gasteiger partial charge < -0.3 is 15.1 Å². The molecular weight excluding hydrogens is 350 g/mol. The normalized spacial score (nSPS) is 16.4. The lowest BCUT2D eigenvalue weighted by molar-refractivity contribution is -0.138. The van der Waals surface area contributed by atoms with Crippen molar-refractivity contribution in [2.45, 2.75) is 32.7 Å². The Morgan fingerprint density at radius 3 is 2.58 bits per heavy atom. The first-order chi connectivity index (χ1) is 12.6. The van der Waals surface area contributed by atoms with Gasteiger partial charge in [-0.25, -0.2) is 0 Å². The molecule has 1 heterocycles. The molecule has 1 aromatic carbocycles. The summed E-state index contributed by atoms with van der Waals surface area (Å²) in [6.45, 7) is 5.11. The molecule has 3 amide bonds. The average Bonchev–Trinajstić information content (AvgIpc) is 3.15. The quantitative estimate of drug-likeness (QED) is 0.752. The molecular formula is C19H27N3O3S. The van der Waals surface area contributed by atoms with Crippen molar-refractivity contribution in [3.8, 4) is 0 Å². The molecule has 0 radical (unpaired) electrons. The molecule has 1 aromatic rings. The summed E-state index contributed by atoms with van der Waals surface area (Å²) in [5.41, 5.74) is 0.579. The minimum absolute atomic E-state index is 0.0429. The van der Waals surface area contributed by atoms with E-state index in [4.69, 9.17) is 0 Å². The molecule has 26 heavy (non-hydrogen) atoms. The fourth-order valence-electron chi connectivity index (χ4n) is 2.84. The van der Waals surface area contributed by atoms with Crippen LogP contribution in [0.25, 0.3) is 0 Å². The number of nitrogens with one attached hydrogen (secondary N) is 1. The van der Waals surface area contributed by atoms with Gasteiger partial charge >= 0.3 is 0 Å². The van der Waals surface area contributed by atoms with Crippen molar-refractivity contribution < 1.29 is 14.4 Å². The number of rotatable bonds is 8. The summed E-state index contributed by atoms with van der Waals surface area (Å²) in [4.78, 5) is 41.0. The van der Waals surface area contributed by atoms with Crippen LogP contribution in [0.3, 0.4) is 0 Å². The number of carbonyl (C=O) groups is 3. The van der Waals surface area contributed by atoms with Gasteiger partial charge in [0.1, 0.15) is 6.04 Å². The third-order valence-electron chi connectivity index (χ3n) is 4.16. The van der Waals surface area contributed by atoms with Crippen LogP contribution in [0.4, 0.5) is 0 Å². The molecule has 0 unspecified atom stereocenters. The van der Waals surface area contributed by atoms with Crippen molar-refractivity contribution in [3.63, 3.8) is 0 Å². The molecule has 142 valence electrons. The van der Waals surface area contributed by atoms with E-state index in [9.17, 15) is 14.4 Å². The van der Waals surface area contributed by atoms with Gasteiger partial charge in [0.15, 0.2) is 0 Å². The molecule has 7 heteroatoms. The van der Waals surface area contributed by atoms with Crippen LogP contribution in [-0.4, -0.2) is 64.8 Å². The Morgan fingerprint density at radius 1 is 1.19 bits per heavy atom. The summed E-state index contributed by atoms with van der Waals surface area (Å²) in [5.74, 6) is 0.620. The van der Waals surface area contributed by atoms with Crippen molar-refractivity contribution in [1.29, 1.82) is 0 Å². The molecule has 0 aliphatic carbocycles. The lowest BCUT2D eigenvalue weighted by atomic mass is 10.1. The molecule has 0 aromatic heterocycles. The Labute approximate surface area is 159 Å². The highest BCUT2D eigenvalue weighted by Gasteiger charge is 2.37. The number of hydrogen-bond acceptors (Lipinski definition) is 4. The number of benzene rings is 1. The molecule has 0 saturated carbocycles. The van der Waals surface area contributed by atoms with Gasteiger partial charge in [0.2, 0.25) is 11.8 Å². The van der Waals surface area contributed by atoms with Gasteiger partial charge in [0.05, 0.1) is 12.4 Å². The van der Waals surface area contributed by atoms with E-state index < -0.39 is 6.04 Å². The molecule has 1 saturated heterocycles. The van der Waals surface area contributed by atoms with Crippen molar-refractivity contribution in [3.05, 3.63) is 35.9 Å². The van der Waals surface area contributed by atoms with Crippen molar-refractivity contribution in [1.82, 2.24) is 15.1 Å². The molecule has 0 spiro atoms. The second kappa shape index (κ2) is 10.2. The van der Waals surface area contributed by atoms with Gasteiger partial charge in [0.25, 0.3) is 5.91 Å².